The van der Waals surface area contributed by atoms with Crippen LogP contribution in [0.1, 0.15) is 17.4 Å². The third-order valence-electron chi connectivity index (χ3n) is 6.38. The zero-order valence-electron chi connectivity index (χ0n) is 21.5. The fourth-order valence-corrected chi connectivity index (χ4v) is 4.58. The van der Waals surface area contributed by atoms with Crippen molar-refractivity contribution in [1.82, 2.24) is 19.7 Å². The molecule has 0 spiro atoms. The SMILES string of the molecule is CCOC(=O)c1cc(-c2ccc(N3CCN(C(=O)COc4cccc(Cl)c4)CC3)cc2)n(-c2ccccn2)n1. The van der Waals surface area contributed by atoms with Gasteiger partial charge in [-0.3, -0.25) is 4.79 Å². The minimum atomic E-state index is -0.476. The molecule has 0 unspecified atom stereocenters. The molecular formula is C29H28ClN5O4. The number of ether oxygens (including phenoxy) is 2. The second kappa shape index (κ2) is 12.0. The van der Waals surface area contributed by atoms with E-state index in [-0.39, 0.29) is 24.8 Å². The molecule has 1 aliphatic rings. The molecule has 4 aromatic rings. The van der Waals surface area contributed by atoms with Crippen LogP contribution in [0.15, 0.2) is 79.0 Å². The fraction of sp³-hybridized carbons (Fsp3) is 0.241. The van der Waals surface area contributed by atoms with Crippen LogP contribution < -0.4 is 9.64 Å². The number of amides is 1. The summed E-state index contributed by atoms with van der Waals surface area (Å²) in [5.41, 5.74) is 2.90. The van der Waals surface area contributed by atoms with Crippen molar-refractivity contribution < 1.29 is 19.1 Å². The van der Waals surface area contributed by atoms with Crippen molar-refractivity contribution in [3.8, 4) is 22.8 Å². The Morgan fingerprint density at radius 1 is 0.949 bits per heavy atom. The van der Waals surface area contributed by atoms with Crippen LogP contribution in [0.25, 0.3) is 17.1 Å². The van der Waals surface area contributed by atoms with E-state index >= 15 is 0 Å². The Bertz CT molecular complexity index is 1430. The van der Waals surface area contributed by atoms with E-state index in [1.54, 1.807) is 48.1 Å². The lowest BCUT2D eigenvalue weighted by Crippen LogP contribution is -2.50. The van der Waals surface area contributed by atoms with Crippen molar-refractivity contribution in [2.75, 3.05) is 44.3 Å². The molecule has 1 aliphatic heterocycles. The molecular weight excluding hydrogens is 518 g/mol. The number of piperazine rings is 1. The van der Waals surface area contributed by atoms with Crippen LogP contribution in [0, 0.1) is 0 Å². The van der Waals surface area contributed by atoms with Gasteiger partial charge in [-0.05, 0) is 55.5 Å². The Balaban J connectivity index is 1.24. The normalized spacial score (nSPS) is 13.3. The molecule has 1 fully saturated rings. The molecule has 1 amide bonds. The van der Waals surface area contributed by atoms with Crippen molar-refractivity contribution >= 4 is 29.2 Å². The lowest BCUT2D eigenvalue weighted by Gasteiger charge is -2.36. The third kappa shape index (κ3) is 6.21. The average Bonchev–Trinajstić information content (AvgIpc) is 3.43. The Morgan fingerprint density at radius 3 is 2.44 bits per heavy atom. The van der Waals surface area contributed by atoms with E-state index in [4.69, 9.17) is 21.1 Å². The van der Waals surface area contributed by atoms with Gasteiger partial charge in [-0.15, -0.1) is 0 Å². The van der Waals surface area contributed by atoms with E-state index in [1.165, 1.54) is 0 Å². The highest BCUT2D eigenvalue weighted by Crippen LogP contribution is 2.27. The van der Waals surface area contributed by atoms with Gasteiger partial charge in [0.05, 0.1) is 12.3 Å². The molecule has 9 nitrogen and oxygen atoms in total. The highest BCUT2D eigenvalue weighted by atomic mass is 35.5. The topological polar surface area (TPSA) is 89.8 Å². The molecule has 1 saturated heterocycles. The zero-order chi connectivity index (χ0) is 27.2. The number of benzene rings is 2. The summed E-state index contributed by atoms with van der Waals surface area (Å²) in [6.45, 7) is 4.64. The molecule has 0 aliphatic carbocycles. The largest absolute Gasteiger partial charge is 0.484 e. The number of esters is 1. The summed E-state index contributed by atoms with van der Waals surface area (Å²) >= 11 is 5.98. The Kier molecular flexibility index (Phi) is 8.07. The van der Waals surface area contributed by atoms with Crippen molar-refractivity contribution in [3.05, 3.63) is 89.7 Å². The molecule has 3 heterocycles. The lowest BCUT2D eigenvalue weighted by atomic mass is 10.1. The van der Waals surface area contributed by atoms with Gasteiger partial charge in [0.2, 0.25) is 0 Å². The summed E-state index contributed by atoms with van der Waals surface area (Å²) in [7, 11) is 0. The molecule has 0 N–H and O–H groups in total. The van der Waals surface area contributed by atoms with Gasteiger partial charge in [0.15, 0.2) is 18.1 Å². The molecule has 5 rings (SSSR count). The van der Waals surface area contributed by atoms with E-state index in [1.807, 2.05) is 47.4 Å². The summed E-state index contributed by atoms with van der Waals surface area (Å²) < 4.78 is 12.4. The molecule has 0 bridgehead atoms. The summed E-state index contributed by atoms with van der Waals surface area (Å²) in [5, 5.41) is 5.04. The molecule has 2 aromatic carbocycles. The molecule has 200 valence electrons. The number of anilines is 1. The van der Waals surface area contributed by atoms with Crippen LogP contribution in [0.5, 0.6) is 5.75 Å². The van der Waals surface area contributed by atoms with E-state index in [9.17, 15) is 9.59 Å². The lowest BCUT2D eigenvalue weighted by molar-refractivity contribution is -0.133. The van der Waals surface area contributed by atoms with Gasteiger partial charge in [0, 0.05) is 48.6 Å². The van der Waals surface area contributed by atoms with Crippen molar-refractivity contribution in [3.63, 3.8) is 0 Å². The number of halogens is 1. The van der Waals surface area contributed by atoms with Gasteiger partial charge in [0.1, 0.15) is 5.75 Å². The Labute approximate surface area is 231 Å². The standard InChI is InChI=1S/C29H28ClN5O4/c1-2-38-29(37)25-19-26(35(32-25)27-8-3-4-13-31-27)21-9-11-23(12-10-21)33-14-16-34(17-15-33)28(36)20-39-24-7-5-6-22(30)18-24/h3-13,18-19H,2,14-17,20H2,1H3. The maximum absolute atomic E-state index is 12.6. The van der Waals surface area contributed by atoms with E-state index in [0.29, 0.717) is 42.8 Å². The third-order valence-corrected chi connectivity index (χ3v) is 6.61. The molecule has 0 atom stereocenters. The maximum Gasteiger partial charge on any atom is 0.358 e. The van der Waals surface area contributed by atoms with Gasteiger partial charge < -0.3 is 19.3 Å². The number of carbonyl (C=O) groups is 2. The van der Waals surface area contributed by atoms with Crippen molar-refractivity contribution in [2.45, 2.75) is 6.92 Å². The number of hydrogen-bond acceptors (Lipinski definition) is 7. The second-order valence-electron chi connectivity index (χ2n) is 8.90. The van der Waals surface area contributed by atoms with Crippen LogP contribution in [0.3, 0.4) is 0 Å². The van der Waals surface area contributed by atoms with Crippen LogP contribution >= 0.6 is 11.6 Å². The smallest absolute Gasteiger partial charge is 0.358 e. The van der Waals surface area contributed by atoms with Crippen LogP contribution in [-0.4, -0.2) is 70.9 Å². The minimum Gasteiger partial charge on any atom is -0.484 e. The van der Waals surface area contributed by atoms with Gasteiger partial charge in [-0.2, -0.15) is 5.10 Å². The number of hydrogen-bond donors (Lipinski definition) is 0. The first-order chi connectivity index (χ1) is 19.0. The first-order valence-electron chi connectivity index (χ1n) is 12.7. The van der Waals surface area contributed by atoms with E-state index in [2.05, 4.69) is 15.0 Å². The predicted octanol–water partition coefficient (Wildman–Crippen LogP) is 4.49. The molecule has 10 heteroatoms. The molecule has 0 radical (unpaired) electrons. The fourth-order valence-electron chi connectivity index (χ4n) is 4.40. The first-order valence-corrected chi connectivity index (χ1v) is 13.1. The number of rotatable bonds is 8. The molecule has 0 saturated carbocycles. The van der Waals surface area contributed by atoms with Crippen LogP contribution in [-0.2, 0) is 9.53 Å². The quantitative estimate of drug-likeness (QED) is 0.301. The van der Waals surface area contributed by atoms with Crippen molar-refractivity contribution in [1.29, 1.82) is 0 Å². The molecule has 39 heavy (non-hydrogen) atoms. The highest BCUT2D eigenvalue weighted by Gasteiger charge is 2.22. The second-order valence-corrected chi connectivity index (χ2v) is 9.33. The number of pyridine rings is 1. The predicted molar refractivity (Wildman–Crippen MR) is 148 cm³/mol. The molecule has 2 aromatic heterocycles. The summed E-state index contributed by atoms with van der Waals surface area (Å²) in [5.74, 6) is 0.654. The van der Waals surface area contributed by atoms with Crippen LogP contribution in [0.4, 0.5) is 5.69 Å². The highest BCUT2D eigenvalue weighted by molar-refractivity contribution is 6.30. The Hall–Kier alpha value is -4.37. The Morgan fingerprint density at radius 2 is 1.74 bits per heavy atom. The maximum atomic E-state index is 12.6. The van der Waals surface area contributed by atoms with Crippen LogP contribution in [0.2, 0.25) is 5.02 Å². The zero-order valence-corrected chi connectivity index (χ0v) is 22.3. The van der Waals surface area contributed by atoms with Gasteiger partial charge in [-0.25, -0.2) is 14.5 Å². The van der Waals surface area contributed by atoms with Crippen molar-refractivity contribution in [2.24, 2.45) is 0 Å². The van der Waals surface area contributed by atoms with Gasteiger partial charge in [0.25, 0.3) is 5.91 Å². The van der Waals surface area contributed by atoms with E-state index < -0.39 is 5.97 Å². The number of carbonyl (C=O) groups excluding carboxylic acids is 2. The minimum absolute atomic E-state index is 0.0211. The number of aromatic nitrogens is 3. The van der Waals surface area contributed by atoms with Gasteiger partial charge >= 0.3 is 5.97 Å². The monoisotopic (exact) mass is 545 g/mol. The van der Waals surface area contributed by atoms with Gasteiger partial charge in [-0.1, -0.05) is 35.9 Å². The average molecular weight is 546 g/mol. The summed E-state index contributed by atoms with van der Waals surface area (Å²) in [6.07, 6.45) is 1.68. The summed E-state index contributed by atoms with van der Waals surface area (Å²) in [4.78, 5) is 33.5. The van der Waals surface area contributed by atoms with E-state index in [0.717, 1.165) is 16.9 Å². The number of nitrogens with zero attached hydrogens (tertiary/aromatic N) is 5. The first kappa shape index (κ1) is 26.2. The summed E-state index contributed by atoms with van der Waals surface area (Å²) in [6, 6.07) is 22.3.